The summed E-state index contributed by atoms with van der Waals surface area (Å²) in [6, 6.07) is 8.48. The van der Waals surface area contributed by atoms with Gasteiger partial charge < -0.3 is 0 Å². The molecule has 0 nitrogen and oxygen atoms in total. The van der Waals surface area contributed by atoms with Crippen molar-refractivity contribution >= 4 is 11.8 Å². The minimum atomic E-state index is 1.33. The monoisotopic (exact) mass is 364 g/mol. The van der Waals surface area contributed by atoms with Crippen molar-refractivity contribution in [2.75, 3.05) is 11.5 Å². The van der Waals surface area contributed by atoms with Crippen molar-refractivity contribution in [2.24, 2.45) is 0 Å². The maximum Gasteiger partial charge on any atom is -0.00675 e. The van der Waals surface area contributed by atoms with Crippen LogP contribution in [0.3, 0.4) is 0 Å². The smallest absolute Gasteiger partial charge is 0.00675 e. The molecule has 0 fully saturated rings. The molecule has 1 rings (SSSR count). The third-order valence-corrected chi connectivity index (χ3v) is 5.66. The minimum Gasteiger partial charge on any atom is -0.162 e. The summed E-state index contributed by atoms with van der Waals surface area (Å²) >= 11 is 2.18. The fraction of sp³-hybridized carbons (Fsp3) is 0.750. The zero-order chi connectivity index (χ0) is 18.6. The van der Waals surface area contributed by atoms with Crippen molar-refractivity contribution < 1.29 is 0 Å². The highest BCUT2D eigenvalue weighted by atomic mass is 32.2. The van der Waals surface area contributed by atoms with Gasteiger partial charge in [0.1, 0.15) is 0 Å². The number of thioether (sulfide) groups is 1. The van der Waals surface area contributed by atoms with Gasteiger partial charge in [0.15, 0.2) is 0 Å². The first-order valence-electron chi connectivity index (χ1n) is 10.8. The second-order valence-corrected chi connectivity index (χ2v) is 8.53. The molecule has 0 heterocycles. The average molecular weight is 365 g/mol. The van der Waals surface area contributed by atoms with Gasteiger partial charge in [0.25, 0.3) is 0 Å². The first-order valence-corrected chi connectivity index (χ1v) is 12.0. The molecule has 25 heavy (non-hydrogen) atoms. The largest absolute Gasteiger partial charge is 0.162 e. The van der Waals surface area contributed by atoms with E-state index in [0.717, 1.165) is 0 Å². The van der Waals surface area contributed by atoms with Crippen molar-refractivity contribution in [1.82, 2.24) is 0 Å². The van der Waals surface area contributed by atoms with E-state index in [1.807, 2.05) is 0 Å². The Morgan fingerprint density at radius 2 is 0.840 bits per heavy atom. The second kappa shape index (κ2) is 19.9. The van der Waals surface area contributed by atoms with E-state index in [1.165, 1.54) is 99.7 Å². The number of hydrogen-bond acceptors (Lipinski definition) is 1. The van der Waals surface area contributed by atoms with Gasteiger partial charge in [-0.3, -0.25) is 0 Å². The number of aryl methyl sites for hydroxylation is 2. The van der Waals surface area contributed by atoms with Gasteiger partial charge in [0, 0.05) is 0 Å². The van der Waals surface area contributed by atoms with Gasteiger partial charge in [-0.05, 0) is 38.2 Å². The van der Waals surface area contributed by atoms with Crippen LogP contribution in [0.4, 0.5) is 0 Å². The molecule has 0 bridgehead atoms. The summed E-state index contributed by atoms with van der Waals surface area (Å²) in [7, 11) is 0. The van der Waals surface area contributed by atoms with Crippen LogP contribution in [0, 0.1) is 13.8 Å². The molecule has 0 aliphatic rings. The number of benzene rings is 1. The summed E-state index contributed by atoms with van der Waals surface area (Å²) in [5, 5.41) is 0. The van der Waals surface area contributed by atoms with E-state index in [1.54, 1.807) is 0 Å². The SMILES string of the molecule is CCCCCCCCCSCCCCCCC.Cc1ccc(C)cc1. The van der Waals surface area contributed by atoms with Crippen LogP contribution in [0.1, 0.15) is 102 Å². The Hall–Kier alpha value is -0.430. The van der Waals surface area contributed by atoms with E-state index in [-0.39, 0.29) is 0 Å². The molecule has 0 atom stereocenters. The molecule has 0 unspecified atom stereocenters. The molecule has 0 radical (unpaired) electrons. The zero-order valence-electron chi connectivity index (χ0n) is 17.6. The van der Waals surface area contributed by atoms with Crippen LogP contribution in [0.2, 0.25) is 0 Å². The number of unbranched alkanes of at least 4 members (excludes halogenated alkanes) is 10. The summed E-state index contributed by atoms with van der Waals surface area (Å²) in [4.78, 5) is 0. The fourth-order valence-corrected chi connectivity index (χ4v) is 3.73. The normalized spacial score (nSPS) is 10.4. The molecular formula is C24H44S. The van der Waals surface area contributed by atoms with Crippen molar-refractivity contribution in [2.45, 2.75) is 105 Å². The third kappa shape index (κ3) is 19.7. The lowest BCUT2D eigenvalue weighted by atomic mass is 10.1. The molecule has 0 saturated heterocycles. The van der Waals surface area contributed by atoms with Crippen molar-refractivity contribution in [3.05, 3.63) is 35.4 Å². The lowest BCUT2D eigenvalue weighted by molar-refractivity contribution is 0.603. The lowest BCUT2D eigenvalue weighted by Crippen LogP contribution is -1.86. The zero-order valence-corrected chi connectivity index (χ0v) is 18.4. The van der Waals surface area contributed by atoms with Gasteiger partial charge >= 0.3 is 0 Å². The molecule has 0 aliphatic heterocycles. The van der Waals surface area contributed by atoms with Crippen molar-refractivity contribution in [1.29, 1.82) is 0 Å². The number of rotatable bonds is 14. The third-order valence-electron chi connectivity index (χ3n) is 4.50. The molecule has 1 aromatic carbocycles. The summed E-state index contributed by atoms with van der Waals surface area (Å²) in [5.41, 5.74) is 2.66. The van der Waals surface area contributed by atoms with Crippen LogP contribution >= 0.6 is 11.8 Å². The first-order chi connectivity index (χ1) is 12.2. The predicted octanol–water partition coefficient (Wildman–Crippen LogP) is 8.74. The van der Waals surface area contributed by atoms with Gasteiger partial charge in [-0.15, -0.1) is 0 Å². The molecule has 1 heteroatoms. The summed E-state index contributed by atoms with van der Waals surface area (Å²) in [5.74, 6) is 2.81. The maximum absolute atomic E-state index is 2.29. The molecule has 1 aromatic rings. The van der Waals surface area contributed by atoms with Gasteiger partial charge in [-0.2, -0.15) is 11.8 Å². The lowest BCUT2D eigenvalue weighted by Gasteiger charge is -2.02. The highest BCUT2D eigenvalue weighted by Gasteiger charge is 1.93. The topological polar surface area (TPSA) is 0 Å². The molecule has 0 aliphatic carbocycles. The van der Waals surface area contributed by atoms with Crippen LogP contribution < -0.4 is 0 Å². The number of hydrogen-bond donors (Lipinski definition) is 0. The van der Waals surface area contributed by atoms with Crippen LogP contribution in [0.5, 0.6) is 0 Å². The van der Waals surface area contributed by atoms with E-state index in [0.29, 0.717) is 0 Å². The average Bonchev–Trinajstić information content (AvgIpc) is 2.62. The summed E-state index contributed by atoms with van der Waals surface area (Å²) in [6.45, 7) is 8.77. The molecule has 0 saturated carbocycles. The van der Waals surface area contributed by atoms with Crippen molar-refractivity contribution in [3.63, 3.8) is 0 Å². The fourth-order valence-electron chi connectivity index (χ4n) is 2.71. The second-order valence-electron chi connectivity index (χ2n) is 7.30. The van der Waals surface area contributed by atoms with E-state index in [4.69, 9.17) is 0 Å². The molecule has 0 N–H and O–H groups in total. The molecule has 0 spiro atoms. The Bertz CT molecular complexity index is 320. The van der Waals surface area contributed by atoms with Gasteiger partial charge in [-0.1, -0.05) is 113 Å². The highest BCUT2D eigenvalue weighted by molar-refractivity contribution is 7.99. The molecule has 0 aromatic heterocycles. The predicted molar refractivity (Wildman–Crippen MR) is 120 cm³/mol. The Labute approximate surface area is 163 Å². The Kier molecular flexibility index (Phi) is 19.5. The first kappa shape index (κ1) is 24.6. The Morgan fingerprint density at radius 3 is 1.20 bits per heavy atom. The quantitative estimate of drug-likeness (QED) is 0.297. The minimum absolute atomic E-state index is 1.33. The Morgan fingerprint density at radius 1 is 0.520 bits per heavy atom. The van der Waals surface area contributed by atoms with Gasteiger partial charge in [0.2, 0.25) is 0 Å². The Balaban J connectivity index is 0.000000593. The van der Waals surface area contributed by atoms with Crippen LogP contribution in [-0.2, 0) is 0 Å². The van der Waals surface area contributed by atoms with Crippen LogP contribution in [0.25, 0.3) is 0 Å². The summed E-state index contributed by atoms with van der Waals surface area (Å²) < 4.78 is 0. The van der Waals surface area contributed by atoms with Crippen LogP contribution in [-0.4, -0.2) is 11.5 Å². The van der Waals surface area contributed by atoms with E-state index in [2.05, 4.69) is 63.7 Å². The van der Waals surface area contributed by atoms with E-state index < -0.39 is 0 Å². The summed E-state index contributed by atoms with van der Waals surface area (Å²) in [6.07, 6.45) is 17.3. The maximum atomic E-state index is 2.29. The standard InChI is InChI=1S/C16H34S.C8H10/c1-3-5-7-9-10-12-14-16-17-15-13-11-8-6-4-2;1-7-3-5-8(2)6-4-7/h3-16H2,1-2H3;3-6H,1-2H3. The van der Waals surface area contributed by atoms with E-state index >= 15 is 0 Å². The molecule has 146 valence electrons. The van der Waals surface area contributed by atoms with Gasteiger partial charge in [-0.25, -0.2) is 0 Å². The molecule has 0 amide bonds. The van der Waals surface area contributed by atoms with Crippen LogP contribution in [0.15, 0.2) is 24.3 Å². The van der Waals surface area contributed by atoms with E-state index in [9.17, 15) is 0 Å². The van der Waals surface area contributed by atoms with Gasteiger partial charge in [0.05, 0.1) is 0 Å². The molecular weight excluding hydrogens is 320 g/mol. The van der Waals surface area contributed by atoms with Crippen molar-refractivity contribution in [3.8, 4) is 0 Å². The highest BCUT2D eigenvalue weighted by Crippen LogP contribution is 2.13.